The Morgan fingerprint density at radius 3 is 0.955 bits per heavy atom. The van der Waals surface area contributed by atoms with Gasteiger partial charge in [0.05, 0.1) is 24.3 Å². The summed E-state index contributed by atoms with van der Waals surface area (Å²) in [5, 5.41) is 0. The lowest BCUT2D eigenvalue weighted by Gasteiger charge is -2.31. The number of hydrogen-bond acceptors (Lipinski definition) is 16. The Hall–Kier alpha value is -8.38. The summed E-state index contributed by atoms with van der Waals surface area (Å²) in [4.78, 5) is 54.9. The summed E-state index contributed by atoms with van der Waals surface area (Å²) in [7, 11) is 0. The van der Waals surface area contributed by atoms with Crippen LogP contribution in [0.5, 0.6) is 0 Å². The molecule has 4 aliphatic heterocycles. The SMILES string of the molecule is CCOC1N(c2ccc(C#Cc3ccc(C(=O)OCCCCSC)cc3)cc2)C2=N/C(=C3\N=C4C(=N3)N(c3ccc(C(C)(C)C)cc3)C(OCC)N4c3ccc(C#Cc4ccc(C(=O)OCCCCSC)cc4)cc3)N=C2N1c1ccc(C(C)(C)C)cc1. The van der Waals surface area contributed by atoms with Crippen molar-refractivity contribution in [2.75, 3.05) is 70.0 Å². The predicted molar refractivity (Wildman–Crippen MR) is 361 cm³/mol. The van der Waals surface area contributed by atoms with E-state index in [-0.39, 0.29) is 22.8 Å². The third-order valence-corrected chi connectivity index (χ3v) is 16.5. The van der Waals surface area contributed by atoms with Crippen LogP contribution in [-0.2, 0) is 29.8 Å². The molecule has 2 unspecified atom stereocenters. The lowest BCUT2D eigenvalue weighted by atomic mass is 9.87. The quantitative estimate of drug-likeness (QED) is 0.0409. The molecule has 0 bridgehead atoms. The Balaban J connectivity index is 0.985. The molecule has 88 heavy (non-hydrogen) atoms. The lowest BCUT2D eigenvalue weighted by Crippen LogP contribution is -2.43. The number of carbonyl (C=O) groups excluding carboxylic acids is 2. The molecule has 0 spiro atoms. The van der Waals surface area contributed by atoms with Gasteiger partial charge in [0, 0.05) is 58.2 Å². The number of rotatable bonds is 20. The molecule has 0 N–H and O–H groups in total. The summed E-state index contributed by atoms with van der Waals surface area (Å²) in [5.41, 5.74) is 9.83. The second-order valence-electron chi connectivity index (χ2n) is 23.4. The van der Waals surface area contributed by atoms with E-state index in [9.17, 15) is 9.59 Å². The molecule has 2 atom stereocenters. The second kappa shape index (κ2) is 28.2. The molecule has 0 aliphatic carbocycles. The highest BCUT2D eigenvalue weighted by Gasteiger charge is 2.49. The van der Waals surface area contributed by atoms with E-state index in [1.807, 2.05) is 86.6 Å². The zero-order valence-electron chi connectivity index (χ0n) is 51.9. The highest BCUT2D eigenvalue weighted by molar-refractivity contribution is 7.98. The first-order valence-electron chi connectivity index (χ1n) is 30.0. The summed E-state index contributed by atoms with van der Waals surface area (Å²) >= 11 is 3.58. The number of amidine groups is 4. The monoisotopic (exact) mass is 1210 g/mol. The molecular weight excluding hydrogens is 1140 g/mol. The predicted octanol–water partition coefficient (Wildman–Crippen LogP) is 14.4. The summed E-state index contributed by atoms with van der Waals surface area (Å²) in [6.07, 6.45) is 6.57. The number of thioether (sulfide) groups is 2. The fourth-order valence-electron chi connectivity index (χ4n) is 10.3. The van der Waals surface area contributed by atoms with Crippen LogP contribution >= 0.6 is 23.5 Å². The lowest BCUT2D eigenvalue weighted by molar-refractivity contribution is 0.0490. The first-order chi connectivity index (χ1) is 42.6. The number of benzene rings is 6. The van der Waals surface area contributed by atoms with Crippen LogP contribution in [0.25, 0.3) is 0 Å². The van der Waals surface area contributed by atoms with E-state index < -0.39 is 12.7 Å². The molecule has 0 aromatic heterocycles. The van der Waals surface area contributed by atoms with Crippen molar-refractivity contribution in [2.24, 2.45) is 20.0 Å². The van der Waals surface area contributed by atoms with Gasteiger partial charge < -0.3 is 18.9 Å². The number of anilines is 4. The minimum atomic E-state index is -0.644. The Labute approximate surface area is 527 Å². The number of nitrogens with zero attached hydrogens (tertiary/aromatic N) is 8. The van der Waals surface area contributed by atoms with Gasteiger partial charge in [0.1, 0.15) is 0 Å². The zero-order chi connectivity index (χ0) is 62.0. The summed E-state index contributed by atoms with van der Waals surface area (Å²) in [5.74, 6) is 17.6. The van der Waals surface area contributed by atoms with Crippen LogP contribution in [0.4, 0.5) is 22.7 Å². The van der Waals surface area contributed by atoms with Crippen LogP contribution < -0.4 is 19.6 Å². The standard InChI is InChI=1S/C72H76N8O6S2/c1-11-83-69-77(57-37-25-51(26-38-57)19-17-49-21-29-53(30-22-49)67(81)85-45-13-15-47-87-9)63-65(79(69)59-41-33-55(34-42-59)71(3,4)5)75-61(73-63)62-74-64-66(76-62)80(60-43-35-56(36-44-60)72(6,7)8)70(84-12-2)78(64)58-39-27-52(28-40-58)20-18-50-23-31-54(32-24-50)68(82)86-46-14-16-48-88-10/h21-44,69-70H,11-16,45-48H2,1-10H3/b62-61-. The smallest absolute Gasteiger partial charge is 0.338 e. The summed E-state index contributed by atoms with van der Waals surface area (Å²) in [6, 6.07) is 47.5. The van der Waals surface area contributed by atoms with Crippen molar-refractivity contribution in [3.05, 3.63) is 202 Å². The van der Waals surface area contributed by atoms with E-state index >= 15 is 0 Å². The van der Waals surface area contributed by atoms with Gasteiger partial charge in [-0.3, -0.25) is 19.6 Å². The Kier molecular flexibility index (Phi) is 20.1. The minimum Gasteiger partial charge on any atom is -0.462 e. The van der Waals surface area contributed by atoms with Crippen LogP contribution in [0.1, 0.15) is 135 Å². The number of ether oxygens (including phenoxy) is 4. The van der Waals surface area contributed by atoms with Crippen molar-refractivity contribution >= 4 is 81.6 Å². The van der Waals surface area contributed by atoms with Gasteiger partial charge in [0.25, 0.3) is 0 Å². The van der Waals surface area contributed by atoms with Gasteiger partial charge in [0.2, 0.25) is 24.3 Å². The van der Waals surface area contributed by atoms with Gasteiger partial charge in [-0.05, 0) is 207 Å². The number of esters is 2. The molecule has 0 saturated carbocycles. The first-order valence-corrected chi connectivity index (χ1v) is 32.8. The topological polar surface area (TPSA) is 133 Å². The van der Waals surface area contributed by atoms with Gasteiger partial charge in [0.15, 0.2) is 23.3 Å². The molecule has 2 fully saturated rings. The summed E-state index contributed by atoms with van der Waals surface area (Å²) in [6.45, 7) is 18.8. The van der Waals surface area contributed by atoms with Crippen LogP contribution in [0, 0.1) is 23.7 Å². The summed E-state index contributed by atoms with van der Waals surface area (Å²) < 4.78 is 24.3. The van der Waals surface area contributed by atoms with Gasteiger partial charge in [-0.1, -0.05) is 89.5 Å². The van der Waals surface area contributed by atoms with Crippen molar-refractivity contribution < 1.29 is 28.5 Å². The molecule has 0 amide bonds. The van der Waals surface area contributed by atoms with E-state index in [4.69, 9.17) is 38.9 Å². The maximum Gasteiger partial charge on any atom is 0.338 e. The maximum absolute atomic E-state index is 12.7. The molecule has 2 saturated heterocycles. The number of unbranched alkanes of at least 4 members (excludes halogenated alkanes) is 2. The van der Waals surface area contributed by atoms with Crippen molar-refractivity contribution in [3.63, 3.8) is 0 Å². The van der Waals surface area contributed by atoms with Crippen LogP contribution in [0.2, 0.25) is 0 Å². The molecule has 10 rings (SSSR count). The van der Waals surface area contributed by atoms with E-state index in [2.05, 4.69) is 146 Å². The van der Waals surface area contributed by atoms with E-state index in [0.29, 0.717) is 72.5 Å². The largest absolute Gasteiger partial charge is 0.462 e. The minimum absolute atomic E-state index is 0.0635. The third kappa shape index (κ3) is 14.4. The highest BCUT2D eigenvalue weighted by atomic mass is 32.2. The molecule has 16 heteroatoms. The fourth-order valence-corrected chi connectivity index (χ4v) is 11.2. The Morgan fingerprint density at radius 2 is 0.693 bits per heavy atom. The number of hydrogen-bond donors (Lipinski definition) is 0. The Bertz CT molecular complexity index is 3520. The molecule has 14 nitrogen and oxygen atoms in total. The van der Waals surface area contributed by atoms with Gasteiger partial charge in [-0.2, -0.15) is 23.5 Å². The Morgan fingerprint density at radius 1 is 0.420 bits per heavy atom. The normalized spacial score (nSPS) is 16.9. The van der Waals surface area contributed by atoms with Crippen molar-refractivity contribution in [2.45, 2.75) is 105 Å². The molecule has 0 radical (unpaired) electrons. The average molecular weight is 1210 g/mol. The van der Waals surface area contributed by atoms with E-state index in [0.717, 1.165) is 82.2 Å². The van der Waals surface area contributed by atoms with Crippen molar-refractivity contribution in [1.82, 2.24) is 0 Å². The van der Waals surface area contributed by atoms with E-state index in [1.54, 1.807) is 47.8 Å². The maximum atomic E-state index is 12.7. The third-order valence-electron chi connectivity index (χ3n) is 15.1. The number of carbonyl (C=O) groups is 2. The molecular formula is C72H76N8O6S2. The van der Waals surface area contributed by atoms with Crippen molar-refractivity contribution in [1.29, 1.82) is 0 Å². The number of fused-ring (bicyclic) bond motifs is 2. The number of aliphatic imine (C=N–C) groups is 4. The highest BCUT2D eigenvalue weighted by Crippen LogP contribution is 2.41. The molecule has 6 aromatic carbocycles. The van der Waals surface area contributed by atoms with Crippen LogP contribution in [0.15, 0.2) is 177 Å². The van der Waals surface area contributed by atoms with Crippen LogP contribution in [0.3, 0.4) is 0 Å². The van der Waals surface area contributed by atoms with Gasteiger partial charge in [-0.25, -0.2) is 29.6 Å². The van der Waals surface area contributed by atoms with Gasteiger partial charge in [-0.15, -0.1) is 0 Å². The molecule has 6 aromatic rings. The fraction of sp³-hybridized carbons (Fsp3) is 0.333. The molecule has 4 aliphatic rings. The second-order valence-corrected chi connectivity index (χ2v) is 25.4. The van der Waals surface area contributed by atoms with Crippen molar-refractivity contribution in [3.8, 4) is 23.7 Å². The van der Waals surface area contributed by atoms with Gasteiger partial charge >= 0.3 is 11.9 Å². The zero-order valence-corrected chi connectivity index (χ0v) is 53.6. The average Bonchev–Trinajstić information content (AvgIpc) is 1.60. The van der Waals surface area contributed by atoms with E-state index in [1.165, 1.54) is 11.1 Å². The molecule has 452 valence electrons. The van der Waals surface area contributed by atoms with Crippen LogP contribution in [-0.4, -0.2) is 98.4 Å². The first kappa shape index (κ1) is 62.7. The molecule has 4 heterocycles.